The average Bonchev–Trinajstić information content (AvgIpc) is 2.83. The molecule has 0 aliphatic heterocycles. The number of aromatic nitrogens is 3. The van der Waals surface area contributed by atoms with Crippen LogP contribution < -0.4 is 5.32 Å². The van der Waals surface area contributed by atoms with E-state index in [4.69, 9.17) is 5.11 Å². The Hall–Kier alpha value is -2.15. The maximum absolute atomic E-state index is 11.3. The first-order valence-corrected chi connectivity index (χ1v) is 5.00. The number of methoxy groups -OCH3 is 1. The molecular formula is C10H12N4O3. The van der Waals surface area contributed by atoms with Gasteiger partial charge in [0.1, 0.15) is 11.6 Å². The van der Waals surface area contributed by atoms with Gasteiger partial charge >= 0.3 is 5.97 Å². The summed E-state index contributed by atoms with van der Waals surface area (Å²) in [4.78, 5) is 15.4. The van der Waals surface area contributed by atoms with Crippen molar-refractivity contribution in [3.05, 3.63) is 24.7 Å². The highest BCUT2D eigenvalue weighted by molar-refractivity contribution is 5.81. The summed E-state index contributed by atoms with van der Waals surface area (Å²) in [6.45, 7) is -0.371. The average molecular weight is 236 g/mol. The molecule has 0 bridgehead atoms. The minimum absolute atomic E-state index is 0.371. The van der Waals surface area contributed by atoms with Gasteiger partial charge in [0, 0.05) is 12.4 Å². The first-order chi connectivity index (χ1) is 8.26. The van der Waals surface area contributed by atoms with E-state index in [1.165, 1.54) is 7.11 Å². The number of nitrogens with zero attached hydrogens (tertiary/aromatic N) is 3. The fraction of sp³-hybridized carbons (Fsp3) is 0.300. The number of anilines is 1. The van der Waals surface area contributed by atoms with Gasteiger partial charge in [-0.1, -0.05) is 0 Å². The fourth-order valence-electron chi connectivity index (χ4n) is 1.46. The van der Waals surface area contributed by atoms with Crippen LogP contribution in [0, 0.1) is 0 Å². The quantitative estimate of drug-likeness (QED) is 0.707. The Kier molecular flexibility index (Phi) is 3.20. The van der Waals surface area contributed by atoms with Gasteiger partial charge in [-0.3, -0.25) is 0 Å². The van der Waals surface area contributed by atoms with Gasteiger partial charge in [0.05, 0.1) is 19.9 Å². The van der Waals surface area contributed by atoms with Crippen molar-refractivity contribution in [1.29, 1.82) is 0 Å². The number of aliphatic hydroxyl groups excluding tert-OH is 1. The van der Waals surface area contributed by atoms with Gasteiger partial charge in [0.25, 0.3) is 0 Å². The molecule has 2 heterocycles. The zero-order valence-electron chi connectivity index (χ0n) is 9.20. The van der Waals surface area contributed by atoms with E-state index in [0.29, 0.717) is 5.82 Å². The summed E-state index contributed by atoms with van der Waals surface area (Å²) in [5.74, 6) is -0.0785. The molecule has 2 rings (SSSR count). The molecule has 0 aromatic carbocycles. The van der Waals surface area contributed by atoms with Gasteiger partial charge in [0.2, 0.25) is 0 Å². The third-order valence-electron chi connectivity index (χ3n) is 2.30. The summed E-state index contributed by atoms with van der Waals surface area (Å²) < 4.78 is 6.17. The van der Waals surface area contributed by atoms with Crippen LogP contribution in [0.5, 0.6) is 0 Å². The number of esters is 1. The molecule has 0 fully saturated rings. The number of nitrogens with one attached hydrogen (secondary N) is 1. The zero-order valence-corrected chi connectivity index (χ0v) is 9.20. The van der Waals surface area contributed by atoms with Gasteiger partial charge in [-0.05, 0) is 6.07 Å². The van der Waals surface area contributed by atoms with Crippen LogP contribution in [0.2, 0.25) is 0 Å². The highest BCUT2D eigenvalue weighted by Gasteiger charge is 2.19. The van der Waals surface area contributed by atoms with E-state index in [1.807, 2.05) is 0 Å². The smallest absolute Gasteiger partial charge is 0.330 e. The largest absolute Gasteiger partial charge is 0.467 e. The van der Waals surface area contributed by atoms with Gasteiger partial charge in [-0.25, -0.2) is 14.3 Å². The second kappa shape index (κ2) is 4.79. The van der Waals surface area contributed by atoms with Crippen molar-refractivity contribution < 1.29 is 14.6 Å². The Morgan fingerprint density at radius 3 is 3.18 bits per heavy atom. The number of hydrogen-bond donors (Lipinski definition) is 2. The molecule has 0 saturated heterocycles. The summed E-state index contributed by atoms with van der Waals surface area (Å²) in [7, 11) is 1.26. The maximum atomic E-state index is 11.3. The lowest BCUT2D eigenvalue weighted by Crippen LogP contribution is -2.34. The van der Waals surface area contributed by atoms with Crippen molar-refractivity contribution in [3.8, 4) is 0 Å². The van der Waals surface area contributed by atoms with Crippen molar-refractivity contribution in [1.82, 2.24) is 14.6 Å². The van der Waals surface area contributed by atoms with Crippen LogP contribution >= 0.6 is 0 Å². The molecule has 2 N–H and O–H groups in total. The summed E-state index contributed by atoms with van der Waals surface area (Å²) in [5.41, 5.74) is 0.717. The third kappa shape index (κ3) is 2.18. The molecular weight excluding hydrogens is 224 g/mol. The summed E-state index contributed by atoms with van der Waals surface area (Å²) >= 11 is 0. The number of aliphatic hydroxyl groups is 1. The number of hydrogen-bond acceptors (Lipinski definition) is 6. The molecule has 7 heteroatoms. The molecule has 0 saturated carbocycles. The van der Waals surface area contributed by atoms with Crippen LogP contribution in [0.3, 0.4) is 0 Å². The molecule has 0 spiro atoms. The number of carbonyl (C=O) groups is 1. The Bertz CT molecular complexity index is 525. The van der Waals surface area contributed by atoms with E-state index >= 15 is 0 Å². The molecule has 2 aromatic rings. The Morgan fingerprint density at radius 2 is 2.47 bits per heavy atom. The van der Waals surface area contributed by atoms with Crippen molar-refractivity contribution in [3.63, 3.8) is 0 Å². The molecule has 7 nitrogen and oxygen atoms in total. The van der Waals surface area contributed by atoms with Crippen LogP contribution in [-0.2, 0) is 9.53 Å². The third-order valence-corrected chi connectivity index (χ3v) is 2.30. The molecule has 0 aliphatic carbocycles. The lowest BCUT2D eigenvalue weighted by Gasteiger charge is -2.14. The van der Waals surface area contributed by atoms with Gasteiger partial charge in [0.15, 0.2) is 5.82 Å². The van der Waals surface area contributed by atoms with Crippen molar-refractivity contribution in [2.75, 3.05) is 19.0 Å². The predicted octanol–water partition coefficient (Wildman–Crippen LogP) is -0.325. The Morgan fingerprint density at radius 1 is 1.65 bits per heavy atom. The normalized spacial score (nSPS) is 12.4. The van der Waals surface area contributed by atoms with Crippen LogP contribution in [-0.4, -0.2) is 45.4 Å². The van der Waals surface area contributed by atoms with Gasteiger partial charge in [-0.15, -0.1) is 0 Å². The molecule has 0 radical (unpaired) electrons. The molecule has 17 heavy (non-hydrogen) atoms. The van der Waals surface area contributed by atoms with E-state index in [0.717, 1.165) is 5.52 Å². The number of fused-ring (bicyclic) bond motifs is 1. The molecule has 90 valence electrons. The van der Waals surface area contributed by atoms with E-state index in [-0.39, 0.29) is 6.61 Å². The molecule has 2 aromatic heterocycles. The number of carbonyl (C=O) groups excluding carboxylic acids is 1. The number of ether oxygens (including phenoxy) is 1. The highest BCUT2D eigenvalue weighted by atomic mass is 16.5. The van der Waals surface area contributed by atoms with Crippen molar-refractivity contribution >= 4 is 17.3 Å². The molecule has 1 unspecified atom stereocenters. The van der Waals surface area contributed by atoms with E-state index in [1.54, 1.807) is 29.2 Å². The molecule has 0 amide bonds. The lowest BCUT2D eigenvalue weighted by molar-refractivity contribution is -0.142. The Labute approximate surface area is 97.0 Å². The zero-order chi connectivity index (χ0) is 12.3. The standard InChI is InChI=1S/C10H12N4O3/c1-17-10(16)7(6-15)13-9-8-2-3-12-14(8)5-4-11-9/h2-5,7,15H,6H2,1H3,(H,11,13). The summed E-state index contributed by atoms with van der Waals surface area (Å²) in [6.07, 6.45) is 4.86. The molecule has 1 atom stereocenters. The number of rotatable bonds is 4. The maximum Gasteiger partial charge on any atom is 0.330 e. The Balaban J connectivity index is 2.28. The van der Waals surface area contributed by atoms with Crippen LogP contribution in [0.15, 0.2) is 24.7 Å². The predicted molar refractivity (Wildman–Crippen MR) is 59.5 cm³/mol. The van der Waals surface area contributed by atoms with E-state index in [2.05, 4.69) is 20.1 Å². The summed E-state index contributed by atoms with van der Waals surface area (Å²) in [5, 5.41) is 15.9. The fourth-order valence-corrected chi connectivity index (χ4v) is 1.46. The van der Waals surface area contributed by atoms with Crippen molar-refractivity contribution in [2.45, 2.75) is 6.04 Å². The van der Waals surface area contributed by atoms with Crippen molar-refractivity contribution in [2.24, 2.45) is 0 Å². The first kappa shape index (κ1) is 11.3. The lowest BCUT2D eigenvalue weighted by atomic mass is 10.3. The minimum Gasteiger partial charge on any atom is -0.467 e. The van der Waals surface area contributed by atoms with Crippen LogP contribution in [0.25, 0.3) is 5.52 Å². The monoisotopic (exact) mass is 236 g/mol. The second-order valence-electron chi connectivity index (χ2n) is 3.34. The van der Waals surface area contributed by atoms with Gasteiger partial charge in [-0.2, -0.15) is 5.10 Å². The van der Waals surface area contributed by atoms with E-state index in [9.17, 15) is 4.79 Å². The second-order valence-corrected chi connectivity index (χ2v) is 3.34. The minimum atomic E-state index is -0.839. The first-order valence-electron chi connectivity index (χ1n) is 5.00. The summed E-state index contributed by atoms with van der Waals surface area (Å²) in [6, 6.07) is 0.912. The topological polar surface area (TPSA) is 88.8 Å². The molecule has 0 aliphatic rings. The van der Waals surface area contributed by atoms with Gasteiger partial charge < -0.3 is 15.2 Å². The van der Waals surface area contributed by atoms with Crippen LogP contribution in [0.1, 0.15) is 0 Å². The van der Waals surface area contributed by atoms with E-state index < -0.39 is 12.0 Å². The SMILES string of the molecule is COC(=O)C(CO)Nc1nccn2nccc12. The van der Waals surface area contributed by atoms with Crippen LogP contribution in [0.4, 0.5) is 5.82 Å². The highest BCUT2D eigenvalue weighted by Crippen LogP contribution is 2.13.